The minimum Gasteiger partial charge on any atom is -0.293 e. The largest absolute Gasteiger partial charge is 0.293 e. The van der Waals surface area contributed by atoms with Crippen molar-refractivity contribution in [3.05, 3.63) is 33.5 Å². The number of hydrogen-bond donors (Lipinski definition) is 0. The summed E-state index contributed by atoms with van der Waals surface area (Å²) in [6, 6.07) is 3.01. The molecule has 1 unspecified atom stereocenters. The zero-order chi connectivity index (χ0) is 11.0. The van der Waals surface area contributed by atoms with E-state index in [-0.39, 0.29) is 16.6 Å². The Morgan fingerprint density at radius 3 is 3.00 bits per heavy atom. The molecule has 15 heavy (non-hydrogen) atoms. The summed E-state index contributed by atoms with van der Waals surface area (Å²) in [5.41, 5.74) is 1.09. The number of halogens is 2. The Kier molecular flexibility index (Phi) is 3.16. The molecule has 0 aromatic heterocycles. The first-order valence-corrected chi connectivity index (χ1v) is 6.62. The van der Waals surface area contributed by atoms with Crippen molar-refractivity contribution in [2.75, 3.05) is 0 Å². The van der Waals surface area contributed by atoms with Crippen molar-refractivity contribution in [1.29, 1.82) is 0 Å². The first-order valence-electron chi connectivity index (χ1n) is 4.77. The fourth-order valence-electron chi connectivity index (χ4n) is 1.73. The lowest BCUT2D eigenvalue weighted by molar-refractivity contribution is 0.0981. The van der Waals surface area contributed by atoms with E-state index in [0.29, 0.717) is 5.75 Å². The van der Waals surface area contributed by atoms with Gasteiger partial charge >= 0.3 is 0 Å². The van der Waals surface area contributed by atoms with Gasteiger partial charge in [0.05, 0.1) is 10.8 Å². The highest BCUT2D eigenvalue weighted by Crippen LogP contribution is 2.36. The maximum atomic E-state index is 13.6. The van der Waals surface area contributed by atoms with Gasteiger partial charge in [0.1, 0.15) is 5.82 Å². The van der Waals surface area contributed by atoms with E-state index in [4.69, 9.17) is 0 Å². The van der Waals surface area contributed by atoms with E-state index in [2.05, 4.69) is 15.9 Å². The van der Waals surface area contributed by atoms with Crippen LogP contribution in [-0.2, 0) is 5.75 Å². The fraction of sp³-hybridized carbons (Fsp3) is 0.364. The van der Waals surface area contributed by atoms with Crippen LogP contribution in [0.3, 0.4) is 0 Å². The number of ketones is 1. The van der Waals surface area contributed by atoms with Gasteiger partial charge in [0, 0.05) is 10.2 Å². The number of rotatable bonds is 1. The Morgan fingerprint density at radius 1 is 1.60 bits per heavy atom. The molecule has 1 aliphatic heterocycles. The van der Waals surface area contributed by atoms with Crippen LogP contribution in [0, 0.1) is 5.82 Å². The van der Waals surface area contributed by atoms with Crippen LogP contribution in [0.1, 0.15) is 29.3 Å². The second-order valence-corrected chi connectivity index (χ2v) is 5.50. The highest BCUT2D eigenvalue weighted by atomic mass is 79.9. The van der Waals surface area contributed by atoms with Crippen molar-refractivity contribution in [1.82, 2.24) is 0 Å². The van der Waals surface area contributed by atoms with Crippen LogP contribution in [-0.4, -0.2) is 11.0 Å². The molecular weight excluding hydrogens is 279 g/mol. The molecule has 1 aromatic rings. The van der Waals surface area contributed by atoms with E-state index >= 15 is 0 Å². The highest BCUT2D eigenvalue weighted by Gasteiger charge is 2.30. The zero-order valence-corrected chi connectivity index (χ0v) is 10.6. The van der Waals surface area contributed by atoms with E-state index in [1.165, 1.54) is 6.07 Å². The van der Waals surface area contributed by atoms with Gasteiger partial charge in [-0.25, -0.2) is 4.39 Å². The molecule has 0 bridgehead atoms. The van der Waals surface area contributed by atoms with Crippen LogP contribution in [0.25, 0.3) is 0 Å². The number of carbonyl (C=O) groups is 1. The molecule has 2 rings (SSSR count). The summed E-state index contributed by atoms with van der Waals surface area (Å²) in [7, 11) is 0. The summed E-state index contributed by atoms with van der Waals surface area (Å²) >= 11 is 4.94. The number of hydrogen-bond acceptors (Lipinski definition) is 2. The fourth-order valence-corrected chi connectivity index (χ4v) is 3.55. The normalized spacial score (nSPS) is 20.2. The van der Waals surface area contributed by atoms with Crippen molar-refractivity contribution in [3.8, 4) is 0 Å². The maximum absolute atomic E-state index is 13.6. The zero-order valence-electron chi connectivity index (χ0n) is 8.22. The average molecular weight is 289 g/mol. The van der Waals surface area contributed by atoms with Crippen LogP contribution >= 0.6 is 27.7 Å². The molecular formula is C11H10BrFOS. The molecule has 4 heteroatoms. The molecule has 0 saturated carbocycles. The van der Waals surface area contributed by atoms with Gasteiger partial charge in [-0.2, -0.15) is 0 Å². The van der Waals surface area contributed by atoms with Crippen molar-refractivity contribution in [2.24, 2.45) is 0 Å². The predicted octanol–water partition coefficient (Wildman–Crippen LogP) is 3.80. The van der Waals surface area contributed by atoms with Gasteiger partial charge in [0.25, 0.3) is 0 Å². The number of benzene rings is 1. The van der Waals surface area contributed by atoms with Crippen molar-refractivity contribution in [3.63, 3.8) is 0 Å². The van der Waals surface area contributed by atoms with Crippen LogP contribution in [0.5, 0.6) is 0 Å². The Bertz CT molecular complexity index is 419. The minimum atomic E-state index is -0.392. The highest BCUT2D eigenvalue weighted by molar-refractivity contribution is 9.10. The molecule has 1 aromatic carbocycles. The Morgan fingerprint density at radius 2 is 2.33 bits per heavy atom. The first kappa shape index (κ1) is 11.1. The monoisotopic (exact) mass is 288 g/mol. The third kappa shape index (κ3) is 1.85. The Hall–Kier alpha value is -0.350. The first-order chi connectivity index (χ1) is 7.15. The van der Waals surface area contributed by atoms with Gasteiger partial charge in [-0.1, -0.05) is 22.9 Å². The van der Waals surface area contributed by atoms with Crippen LogP contribution < -0.4 is 0 Å². The van der Waals surface area contributed by atoms with Gasteiger partial charge in [0.2, 0.25) is 0 Å². The van der Waals surface area contributed by atoms with E-state index in [1.54, 1.807) is 17.8 Å². The number of fused-ring (bicyclic) bond motifs is 1. The average Bonchev–Trinajstić information content (AvgIpc) is 2.23. The molecule has 0 fully saturated rings. The van der Waals surface area contributed by atoms with Gasteiger partial charge in [-0.05, 0) is 24.1 Å². The minimum absolute atomic E-state index is 0.0671. The number of carbonyl (C=O) groups excluding carboxylic acids is 1. The van der Waals surface area contributed by atoms with E-state index < -0.39 is 5.82 Å². The molecule has 0 amide bonds. The number of Topliss-reactive ketones (excluding diaryl/α,β-unsaturated/α-hetero) is 1. The summed E-state index contributed by atoms with van der Waals surface area (Å²) in [6.45, 7) is 1.95. The van der Waals surface area contributed by atoms with Crippen LogP contribution in [0.2, 0.25) is 0 Å². The summed E-state index contributed by atoms with van der Waals surface area (Å²) in [6.07, 6.45) is 0.759. The molecule has 0 aliphatic carbocycles. The summed E-state index contributed by atoms with van der Waals surface area (Å²) in [5.74, 6) is 0.247. The SMILES string of the molecule is CCC1SCc2c(Br)ccc(F)c2C1=O. The quantitative estimate of drug-likeness (QED) is 0.782. The molecule has 80 valence electrons. The maximum Gasteiger partial charge on any atom is 0.179 e. The van der Waals surface area contributed by atoms with Crippen LogP contribution in [0.15, 0.2) is 16.6 Å². The molecule has 0 spiro atoms. The lowest BCUT2D eigenvalue weighted by Gasteiger charge is -2.23. The summed E-state index contributed by atoms with van der Waals surface area (Å²) in [4.78, 5) is 11.9. The predicted molar refractivity (Wildman–Crippen MR) is 63.8 cm³/mol. The number of thioether (sulfide) groups is 1. The molecule has 1 aliphatic rings. The van der Waals surface area contributed by atoms with E-state index in [1.807, 2.05) is 6.92 Å². The topological polar surface area (TPSA) is 17.1 Å². The Labute approximate surface area is 101 Å². The van der Waals surface area contributed by atoms with Gasteiger partial charge in [-0.3, -0.25) is 4.79 Å². The van der Waals surface area contributed by atoms with E-state index in [9.17, 15) is 9.18 Å². The summed E-state index contributed by atoms with van der Waals surface area (Å²) < 4.78 is 14.4. The standard InChI is InChI=1S/C11H10BrFOS/c1-2-9-11(14)10-6(5-15-9)7(12)3-4-8(10)13/h3-4,9H,2,5H2,1H3. The van der Waals surface area contributed by atoms with E-state index in [0.717, 1.165) is 16.5 Å². The third-order valence-electron chi connectivity index (χ3n) is 2.54. The van der Waals surface area contributed by atoms with Crippen molar-refractivity contribution >= 4 is 33.5 Å². The van der Waals surface area contributed by atoms with Gasteiger partial charge in [0.15, 0.2) is 5.78 Å². The van der Waals surface area contributed by atoms with Crippen molar-refractivity contribution < 1.29 is 9.18 Å². The van der Waals surface area contributed by atoms with Gasteiger partial charge in [-0.15, -0.1) is 11.8 Å². The smallest absolute Gasteiger partial charge is 0.179 e. The lowest BCUT2D eigenvalue weighted by Crippen LogP contribution is -2.24. The molecule has 1 atom stereocenters. The lowest BCUT2D eigenvalue weighted by atomic mass is 10.00. The molecule has 0 N–H and O–H groups in total. The van der Waals surface area contributed by atoms with Crippen molar-refractivity contribution in [2.45, 2.75) is 24.3 Å². The third-order valence-corrected chi connectivity index (χ3v) is 4.69. The molecule has 1 nitrogen and oxygen atoms in total. The molecule has 0 saturated heterocycles. The molecule has 1 heterocycles. The second kappa shape index (κ2) is 4.26. The molecule has 0 radical (unpaired) electrons. The second-order valence-electron chi connectivity index (χ2n) is 3.45. The summed E-state index contributed by atoms with van der Waals surface area (Å²) in [5, 5.41) is -0.0821. The van der Waals surface area contributed by atoms with Crippen LogP contribution in [0.4, 0.5) is 4.39 Å². The Balaban J connectivity index is 2.55. The van der Waals surface area contributed by atoms with Gasteiger partial charge < -0.3 is 0 Å².